The van der Waals surface area contributed by atoms with Gasteiger partial charge in [-0.2, -0.15) is 0 Å². The lowest BCUT2D eigenvalue weighted by molar-refractivity contribution is -0.120. The Morgan fingerprint density at radius 3 is 2.77 bits per heavy atom. The molecule has 1 amide bonds. The molecule has 0 aliphatic rings. The summed E-state index contributed by atoms with van der Waals surface area (Å²) < 4.78 is 7.69. The van der Waals surface area contributed by atoms with Crippen LogP contribution in [-0.4, -0.2) is 22.2 Å². The van der Waals surface area contributed by atoms with Crippen LogP contribution in [0.15, 0.2) is 51.1 Å². The van der Waals surface area contributed by atoms with E-state index in [4.69, 9.17) is 27.9 Å². The normalized spacial score (nSPS) is 11.4. The second-order valence-electron chi connectivity index (χ2n) is 5.35. The summed E-state index contributed by atoms with van der Waals surface area (Å²) in [6, 6.07) is 10.1. The molecule has 1 heterocycles. The number of carbonyl (C=O) groups excluding carboxylic acids is 1. The highest BCUT2D eigenvalue weighted by Crippen LogP contribution is 2.39. The second-order valence-corrected chi connectivity index (χ2v) is 7.11. The number of amides is 1. The number of aromatic hydroxyl groups is 1. The van der Waals surface area contributed by atoms with E-state index >= 15 is 0 Å². The van der Waals surface area contributed by atoms with Crippen LogP contribution in [0.5, 0.6) is 11.6 Å². The van der Waals surface area contributed by atoms with Crippen molar-refractivity contribution >= 4 is 61.6 Å². The third kappa shape index (κ3) is 3.85. The third-order valence-corrected chi connectivity index (χ3v) is 4.63. The molecule has 0 unspecified atom stereocenters. The Kier molecular flexibility index (Phi) is 5.50. The van der Waals surface area contributed by atoms with Crippen LogP contribution in [0.1, 0.15) is 0 Å². The van der Waals surface area contributed by atoms with Gasteiger partial charge in [-0.15, -0.1) is 10.2 Å². The molecule has 0 aliphatic carbocycles. The zero-order chi connectivity index (χ0) is 18.8. The predicted molar refractivity (Wildman–Crippen MR) is 104 cm³/mol. The molecule has 0 radical (unpaired) electrons. The van der Waals surface area contributed by atoms with Crippen molar-refractivity contribution in [3.05, 3.63) is 50.9 Å². The minimum absolute atomic E-state index is 0.0867. The van der Waals surface area contributed by atoms with Crippen LogP contribution >= 0.6 is 39.1 Å². The maximum atomic E-state index is 11.9. The molecule has 134 valence electrons. The monoisotopic (exact) mass is 455 g/mol. The van der Waals surface area contributed by atoms with Crippen molar-refractivity contribution in [2.75, 3.05) is 6.61 Å². The minimum atomic E-state index is -0.623. The summed E-state index contributed by atoms with van der Waals surface area (Å²) in [6.07, 6.45) is 0. The number of aromatic nitrogens is 1. The van der Waals surface area contributed by atoms with Gasteiger partial charge in [0.1, 0.15) is 5.75 Å². The fourth-order valence-corrected chi connectivity index (χ4v) is 3.17. The molecular formula is C17H12BrCl2N3O3. The quantitative estimate of drug-likeness (QED) is 0.516. The Morgan fingerprint density at radius 1 is 1.27 bits per heavy atom. The maximum Gasteiger partial charge on any atom is 0.302 e. The SMILES string of the molecule is Cn1c(O)c(N=NC(=O)COc2ccc(Cl)cc2Cl)c2cc(Br)ccc21. The summed E-state index contributed by atoms with van der Waals surface area (Å²) in [5.41, 5.74) is 0.970. The van der Waals surface area contributed by atoms with Gasteiger partial charge in [-0.3, -0.25) is 4.79 Å². The fourth-order valence-electron chi connectivity index (χ4n) is 2.35. The van der Waals surface area contributed by atoms with Crippen LogP contribution in [0.2, 0.25) is 10.0 Å². The number of rotatable bonds is 4. The number of azo groups is 1. The zero-order valence-electron chi connectivity index (χ0n) is 13.4. The topological polar surface area (TPSA) is 76.2 Å². The standard InChI is InChI=1S/C17H12BrCl2N3O3/c1-23-13-4-2-9(18)6-11(13)16(17(23)25)22-21-15(24)8-26-14-5-3-10(19)7-12(14)20/h2-7,25H,8H2,1H3. The molecule has 0 atom stereocenters. The van der Waals surface area contributed by atoms with E-state index < -0.39 is 5.91 Å². The highest BCUT2D eigenvalue weighted by molar-refractivity contribution is 9.10. The van der Waals surface area contributed by atoms with Crippen LogP contribution in [-0.2, 0) is 11.8 Å². The Balaban J connectivity index is 1.77. The highest BCUT2D eigenvalue weighted by atomic mass is 79.9. The molecule has 2 aromatic carbocycles. The summed E-state index contributed by atoms with van der Waals surface area (Å²) >= 11 is 15.1. The van der Waals surface area contributed by atoms with Gasteiger partial charge >= 0.3 is 5.91 Å². The lowest BCUT2D eigenvalue weighted by Crippen LogP contribution is -2.08. The molecule has 0 bridgehead atoms. The Morgan fingerprint density at radius 2 is 2.04 bits per heavy atom. The van der Waals surface area contributed by atoms with Gasteiger partial charge in [0.25, 0.3) is 0 Å². The van der Waals surface area contributed by atoms with E-state index in [1.807, 2.05) is 12.1 Å². The van der Waals surface area contributed by atoms with E-state index in [1.165, 1.54) is 6.07 Å². The first-order chi connectivity index (χ1) is 12.4. The average Bonchev–Trinajstić information content (AvgIpc) is 2.82. The molecule has 3 aromatic rings. The lowest BCUT2D eigenvalue weighted by Gasteiger charge is -2.05. The first-order valence-electron chi connectivity index (χ1n) is 7.36. The lowest BCUT2D eigenvalue weighted by atomic mass is 10.2. The van der Waals surface area contributed by atoms with Gasteiger partial charge < -0.3 is 14.4 Å². The first-order valence-corrected chi connectivity index (χ1v) is 8.91. The number of fused-ring (bicyclic) bond motifs is 1. The average molecular weight is 457 g/mol. The first kappa shape index (κ1) is 18.7. The largest absolute Gasteiger partial charge is 0.493 e. The minimum Gasteiger partial charge on any atom is -0.493 e. The molecule has 26 heavy (non-hydrogen) atoms. The number of aryl methyl sites for hydroxylation is 1. The smallest absolute Gasteiger partial charge is 0.302 e. The number of ether oxygens (including phenoxy) is 1. The van der Waals surface area contributed by atoms with E-state index in [-0.39, 0.29) is 18.2 Å². The van der Waals surface area contributed by atoms with Crippen molar-refractivity contribution in [2.45, 2.75) is 0 Å². The number of benzene rings is 2. The molecule has 0 aliphatic heterocycles. The number of halogens is 3. The van der Waals surface area contributed by atoms with Gasteiger partial charge in [-0.05, 0) is 36.4 Å². The second kappa shape index (κ2) is 7.65. The summed E-state index contributed by atoms with van der Waals surface area (Å²) in [7, 11) is 1.69. The van der Waals surface area contributed by atoms with Crippen molar-refractivity contribution in [2.24, 2.45) is 17.3 Å². The molecule has 0 fully saturated rings. The summed E-state index contributed by atoms with van der Waals surface area (Å²) in [6.45, 7) is -0.347. The molecule has 1 aromatic heterocycles. The van der Waals surface area contributed by atoms with Gasteiger partial charge in [-0.25, -0.2) is 0 Å². The van der Waals surface area contributed by atoms with E-state index in [0.717, 1.165) is 9.99 Å². The third-order valence-electron chi connectivity index (χ3n) is 3.61. The van der Waals surface area contributed by atoms with Crippen LogP contribution in [0.25, 0.3) is 10.9 Å². The molecule has 0 saturated heterocycles. The van der Waals surface area contributed by atoms with Crippen LogP contribution in [0.3, 0.4) is 0 Å². The number of carbonyl (C=O) groups is 1. The van der Waals surface area contributed by atoms with Gasteiger partial charge in [-0.1, -0.05) is 39.1 Å². The predicted octanol–water partition coefficient (Wildman–Crippen LogP) is 5.64. The summed E-state index contributed by atoms with van der Waals surface area (Å²) in [5, 5.41) is 19.1. The Labute approximate surface area is 167 Å². The number of hydrogen-bond donors (Lipinski definition) is 1. The van der Waals surface area contributed by atoms with E-state index in [2.05, 4.69) is 26.2 Å². The maximum absolute atomic E-state index is 11.9. The van der Waals surface area contributed by atoms with Crippen molar-refractivity contribution in [3.8, 4) is 11.6 Å². The molecule has 6 nitrogen and oxygen atoms in total. The highest BCUT2D eigenvalue weighted by Gasteiger charge is 2.15. The van der Waals surface area contributed by atoms with Crippen molar-refractivity contribution < 1.29 is 14.6 Å². The molecule has 9 heteroatoms. The summed E-state index contributed by atoms with van der Waals surface area (Å²) in [4.78, 5) is 11.9. The molecule has 0 spiro atoms. The van der Waals surface area contributed by atoms with E-state index in [9.17, 15) is 9.90 Å². The summed E-state index contributed by atoms with van der Waals surface area (Å²) in [5.74, 6) is -0.393. The molecule has 1 N–H and O–H groups in total. The van der Waals surface area contributed by atoms with E-state index in [1.54, 1.807) is 29.8 Å². The fraction of sp³-hybridized carbons (Fsp3) is 0.118. The van der Waals surface area contributed by atoms with Crippen LogP contribution in [0.4, 0.5) is 5.69 Å². The van der Waals surface area contributed by atoms with Gasteiger partial charge in [0.15, 0.2) is 12.3 Å². The molecule has 3 rings (SSSR count). The van der Waals surface area contributed by atoms with Crippen LogP contribution in [0, 0.1) is 0 Å². The van der Waals surface area contributed by atoms with Gasteiger partial charge in [0, 0.05) is 21.9 Å². The zero-order valence-corrected chi connectivity index (χ0v) is 16.5. The molecular weight excluding hydrogens is 445 g/mol. The van der Waals surface area contributed by atoms with Crippen LogP contribution < -0.4 is 4.74 Å². The van der Waals surface area contributed by atoms with Crippen molar-refractivity contribution in [1.29, 1.82) is 0 Å². The van der Waals surface area contributed by atoms with Crippen molar-refractivity contribution in [3.63, 3.8) is 0 Å². The Bertz CT molecular complexity index is 1030. The van der Waals surface area contributed by atoms with Gasteiger partial charge in [0.2, 0.25) is 5.88 Å². The van der Waals surface area contributed by atoms with Crippen molar-refractivity contribution in [1.82, 2.24) is 4.57 Å². The Hall–Kier alpha value is -2.09. The van der Waals surface area contributed by atoms with E-state index in [0.29, 0.717) is 21.2 Å². The molecule has 0 saturated carbocycles. The van der Waals surface area contributed by atoms with Gasteiger partial charge in [0.05, 0.1) is 10.5 Å². The number of hydrogen-bond acceptors (Lipinski definition) is 4. The number of nitrogens with zero attached hydrogens (tertiary/aromatic N) is 3.